The first-order chi connectivity index (χ1) is 5.68. The summed E-state index contributed by atoms with van der Waals surface area (Å²) in [4.78, 5) is 13.6. The molecule has 0 unspecified atom stereocenters. The number of rotatable bonds is 0. The first kappa shape index (κ1) is 6.84. The monoisotopic (exact) mass is 165 g/mol. The highest BCUT2D eigenvalue weighted by Crippen LogP contribution is 2.05. The Hall–Kier alpha value is -1.85. The van der Waals surface area contributed by atoms with Gasteiger partial charge in [-0.3, -0.25) is 4.79 Å². The molecule has 0 saturated carbocycles. The molecule has 6 nitrogen and oxygen atoms in total. The van der Waals surface area contributed by atoms with E-state index in [1.807, 2.05) is 0 Å². The Balaban J connectivity index is 3.03. The molecule has 0 aliphatic rings. The third kappa shape index (κ3) is 0.777. The molecule has 2 aromatic heterocycles. The van der Waals surface area contributed by atoms with E-state index in [0.29, 0.717) is 16.9 Å². The van der Waals surface area contributed by atoms with Crippen molar-refractivity contribution in [3.05, 3.63) is 16.4 Å². The number of hydrogen-bond acceptors (Lipinski definition) is 4. The highest BCUT2D eigenvalue weighted by atomic mass is 16.1. The number of nitrogens with zero attached hydrogens (tertiary/aromatic N) is 3. The van der Waals surface area contributed by atoms with Gasteiger partial charge in [-0.15, -0.1) is 5.10 Å². The summed E-state index contributed by atoms with van der Waals surface area (Å²) < 4.78 is 1.50. The van der Waals surface area contributed by atoms with E-state index in [9.17, 15) is 4.79 Å². The largest absolute Gasteiger partial charge is 0.385 e. The van der Waals surface area contributed by atoms with Crippen molar-refractivity contribution in [1.82, 2.24) is 20.0 Å². The summed E-state index contributed by atoms with van der Waals surface area (Å²) in [5.74, 6) is 0.318. The maximum absolute atomic E-state index is 11.2. The number of anilines is 1. The Bertz CT molecular complexity index is 482. The highest BCUT2D eigenvalue weighted by molar-refractivity contribution is 5.75. The van der Waals surface area contributed by atoms with Crippen molar-refractivity contribution in [1.29, 1.82) is 0 Å². The maximum Gasteiger partial charge on any atom is 0.279 e. The molecule has 12 heavy (non-hydrogen) atoms. The van der Waals surface area contributed by atoms with Crippen LogP contribution in [0.1, 0.15) is 0 Å². The molecule has 2 aromatic rings. The minimum atomic E-state index is -0.307. The van der Waals surface area contributed by atoms with Crippen LogP contribution >= 0.6 is 0 Å². The SMILES string of the molecule is Cn1nnc2c(=O)[nH]c(N)cc21. The molecule has 0 amide bonds. The van der Waals surface area contributed by atoms with Gasteiger partial charge in [-0.25, -0.2) is 4.68 Å². The number of aromatic nitrogens is 4. The minimum Gasteiger partial charge on any atom is -0.385 e. The van der Waals surface area contributed by atoms with Crippen LogP contribution in [0.4, 0.5) is 5.82 Å². The molecule has 62 valence electrons. The molecule has 3 N–H and O–H groups in total. The van der Waals surface area contributed by atoms with E-state index in [2.05, 4.69) is 15.3 Å². The lowest BCUT2D eigenvalue weighted by atomic mass is 10.4. The number of aryl methyl sites for hydroxylation is 1. The highest BCUT2D eigenvalue weighted by Gasteiger charge is 2.05. The molecule has 0 spiro atoms. The average molecular weight is 165 g/mol. The van der Waals surface area contributed by atoms with E-state index in [4.69, 9.17) is 5.73 Å². The second-order valence-electron chi connectivity index (χ2n) is 2.50. The van der Waals surface area contributed by atoms with Gasteiger partial charge in [-0.2, -0.15) is 0 Å². The number of nitrogens with one attached hydrogen (secondary N) is 1. The molecular weight excluding hydrogens is 158 g/mol. The van der Waals surface area contributed by atoms with Crippen molar-refractivity contribution in [3.8, 4) is 0 Å². The van der Waals surface area contributed by atoms with E-state index in [1.54, 1.807) is 13.1 Å². The van der Waals surface area contributed by atoms with Crippen molar-refractivity contribution in [2.45, 2.75) is 0 Å². The second kappa shape index (κ2) is 2.07. The molecule has 0 aliphatic heterocycles. The van der Waals surface area contributed by atoms with E-state index in [-0.39, 0.29) is 5.56 Å². The van der Waals surface area contributed by atoms with E-state index in [0.717, 1.165) is 0 Å². The van der Waals surface area contributed by atoms with Crippen LogP contribution in [0, 0.1) is 0 Å². The Morgan fingerprint density at radius 2 is 2.42 bits per heavy atom. The van der Waals surface area contributed by atoms with Crippen LogP contribution in [0.15, 0.2) is 10.9 Å². The number of H-pyrrole nitrogens is 1. The van der Waals surface area contributed by atoms with Gasteiger partial charge in [0.2, 0.25) is 0 Å². The molecule has 0 atom stereocenters. The third-order valence-electron chi connectivity index (χ3n) is 1.64. The topological polar surface area (TPSA) is 89.6 Å². The maximum atomic E-state index is 11.2. The Labute approximate surface area is 67.0 Å². The Morgan fingerprint density at radius 3 is 3.17 bits per heavy atom. The van der Waals surface area contributed by atoms with Crippen LogP contribution in [0.3, 0.4) is 0 Å². The predicted molar refractivity (Wildman–Crippen MR) is 43.5 cm³/mol. The molecule has 2 rings (SSSR count). The zero-order valence-electron chi connectivity index (χ0n) is 6.40. The Morgan fingerprint density at radius 1 is 1.67 bits per heavy atom. The predicted octanol–water partition coefficient (Wildman–Crippen LogP) is -0.761. The lowest BCUT2D eigenvalue weighted by molar-refractivity contribution is 0.736. The first-order valence-electron chi connectivity index (χ1n) is 3.36. The number of hydrogen-bond donors (Lipinski definition) is 2. The zero-order chi connectivity index (χ0) is 8.72. The smallest absolute Gasteiger partial charge is 0.279 e. The summed E-state index contributed by atoms with van der Waals surface area (Å²) in [5.41, 5.74) is 6.07. The summed E-state index contributed by atoms with van der Waals surface area (Å²) in [5, 5.41) is 7.36. The molecule has 0 fully saturated rings. The van der Waals surface area contributed by atoms with Crippen LogP contribution in [0.2, 0.25) is 0 Å². The fraction of sp³-hybridized carbons (Fsp3) is 0.167. The number of fused-ring (bicyclic) bond motifs is 1. The van der Waals surface area contributed by atoms with Gasteiger partial charge in [0.05, 0.1) is 5.52 Å². The first-order valence-corrected chi connectivity index (χ1v) is 3.36. The fourth-order valence-corrected chi connectivity index (χ4v) is 1.06. The van der Waals surface area contributed by atoms with E-state index < -0.39 is 0 Å². The standard InChI is InChI=1S/C6H7N5O/c1-11-3-2-4(7)8-6(12)5(3)9-10-11/h2H,1H3,(H3,7,8,12). The zero-order valence-corrected chi connectivity index (χ0v) is 6.40. The van der Waals surface area contributed by atoms with Gasteiger partial charge in [0.1, 0.15) is 5.82 Å². The van der Waals surface area contributed by atoms with Crippen molar-refractivity contribution in [3.63, 3.8) is 0 Å². The fourth-order valence-electron chi connectivity index (χ4n) is 1.06. The van der Waals surface area contributed by atoms with Crippen molar-refractivity contribution in [2.75, 3.05) is 5.73 Å². The molecule has 0 aromatic carbocycles. The average Bonchev–Trinajstić information content (AvgIpc) is 2.33. The lowest BCUT2D eigenvalue weighted by Gasteiger charge is -1.93. The Kier molecular flexibility index (Phi) is 1.18. The molecular formula is C6H7N5O. The van der Waals surface area contributed by atoms with Crippen LogP contribution < -0.4 is 11.3 Å². The van der Waals surface area contributed by atoms with Gasteiger partial charge < -0.3 is 10.7 Å². The number of nitrogen functional groups attached to an aromatic ring is 1. The van der Waals surface area contributed by atoms with Crippen molar-refractivity contribution in [2.24, 2.45) is 7.05 Å². The normalized spacial score (nSPS) is 10.8. The van der Waals surface area contributed by atoms with Crippen LogP contribution in [0.25, 0.3) is 11.0 Å². The van der Waals surface area contributed by atoms with Crippen LogP contribution in [-0.4, -0.2) is 20.0 Å². The molecule has 0 aliphatic carbocycles. The number of pyridine rings is 1. The third-order valence-corrected chi connectivity index (χ3v) is 1.64. The quantitative estimate of drug-likeness (QED) is 0.536. The van der Waals surface area contributed by atoms with Gasteiger partial charge in [-0.1, -0.05) is 5.21 Å². The van der Waals surface area contributed by atoms with Gasteiger partial charge in [0.15, 0.2) is 5.52 Å². The van der Waals surface area contributed by atoms with E-state index >= 15 is 0 Å². The molecule has 0 bridgehead atoms. The van der Waals surface area contributed by atoms with Crippen molar-refractivity contribution >= 4 is 16.9 Å². The van der Waals surface area contributed by atoms with Gasteiger partial charge in [0.25, 0.3) is 5.56 Å². The number of aromatic amines is 1. The van der Waals surface area contributed by atoms with Crippen LogP contribution in [-0.2, 0) is 7.05 Å². The lowest BCUT2D eigenvalue weighted by Crippen LogP contribution is -2.09. The summed E-state index contributed by atoms with van der Waals surface area (Å²) >= 11 is 0. The summed E-state index contributed by atoms with van der Waals surface area (Å²) in [6, 6.07) is 1.62. The summed E-state index contributed by atoms with van der Waals surface area (Å²) in [6.45, 7) is 0. The molecule has 0 radical (unpaired) electrons. The van der Waals surface area contributed by atoms with Gasteiger partial charge in [-0.05, 0) is 0 Å². The molecule has 6 heteroatoms. The van der Waals surface area contributed by atoms with Gasteiger partial charge in [0, 0.05) is 13.1 Å². The summed E-state index contributed by atoms with van der Waals surface area (Å²) in [7, 11) is 1.70. The molecule has 2 heterocycles. The minimum absolute atomic E-state index is 0.307. The summed E-state index contributed by atoms with van der Waals surface area (Å²) in [6.07, 6.45) is 0. The second-order valence-corrected chi connectivity index (χ2v) is 2.50. The molecule has 0 saturated heterocycles. The van der Waals surface area contributed by atoms with E-state index in [1.165, 1.54) is 4.68 Å². The van der Waals surface area contributed by atoms with Crippen LogP contribution in [0.5, 0.6) is 0 Å². The number of nitrogens with two attached hydrogens (primary N) is 1. The van der Waals surface area contributed by atoms with Gasteiger partial charge >= 0.3 is 0 Å². The van der Waals surface area contributed by atoms with Crippen molar-refractivity contribution < 1.29 is 0 Å².